The molecule has 1 N–H and O–H groups in total. The van der Waals surface area contributed by atoms with Gasteiger partial charge in [-0.15, -0.1) is 0 Å². The van der Waals surface area contributed by atoms with Crippen LogP contribution in [0.5, 0.6) is 0 Å². The SMILES string of the molecule is CO.Cc1c(CN(C)SC(C)(C)C)oc2ccccc12. The molecule has 0 atom stereocenters. The molecule has 1 heterocycles. The molecule has 0 unspecified atom stereocenters. The first-order valence-electron chi connectivity index (χ1n) is 6.69. The van der Waals surface area contributed by atoms with Crippen molar-refractivity contribution in [3.63, 3.8) is 0 Å². The molecular formula is C16H25NO2S. The Morgan fingerprint density at radius 3 is 2.35 bits per heavy atom. The van der Waals surface area contributed by atoms with Crippen molar-refractivity contribution in [3.05, 3.63) is 35.6 Å². The van der Waals surface area contributed by atoms with Gasteiger partial charge in [0.2, 0.25) is 0 Å². The molecular weight excluding hydrogens is 270 g/mol. The molecule has 0 fully saturated rings. The van der Waals surface area contributed by atoms with Crippen LogP contribution in [0.3, 0.4) is 0 Å². The Bertz CT molecular complexity index is 543. The lowest BCUT2D eigenvalue weighted by Gasteiger charge is -2.24. The van der Waals surface area contributed by atoms with Gasteiger partial charge in [0.1, 0.15) is 11.3 Å². The largest absolute Gasteiger partial charge is 0.459 e. The van der Waals surface area contributed by atoms with E-state index >= 15 is 0 Å². The fraction of sp³-hybridized carbons (Fsp3) is 0.500. The number of furan rings is 1. The number of aliphatic hydroxyl groups excluding tert-OH is 1. The second-order valence-electron chi connectivity index (χ2n) is 5.64. The molecule has 0 radical (unpaired) electrons. The van der Waals surface area contributed by atoms with E-state index in [-0.39, 0.29) is 4.75 Å². The minimum absolute atomic E-state index is 0.231. The van der Waals surface area contributed by atoms with Gasteiger partial charge in [-0.2, -0.15) is 0 Å². The standard InChI is InChI=1S/C15H21NOS.CH4O/c1-11-12-8-6-7-9-13(12)17-14(11)10-16(5)18-15(2,3)4;1-2/h6-9H,10H2,1-5H3;2H,1H3. The Labute approximate surface area is 126 Å². The summed E-state index contributed by atoms with van der Waals surface area (Å²) in [5.41, 5.74) is 2.24. The smallest absolute Gasteiger partial charge is 0.134 e. The van der Waals surface area contributed by atoms with Crippen LogP contribution in [0.2, 0.25) is 0 Å². The lowest BCUT2D eigenvalue weighted by atomic mass is 10.1. The van der Waals surface area contributed by atoms with Crippen LogP contribution in [0.25, 0.3) is 11.0 Å². The molecule has 0 amide bonds. The molecule has 0 saturated heterocycles. The molecule has 0 saturated carbocycles. The van der Waals surface area contributed by atoms with Gasteiger partial charge in [-0.05, 0) is 46.4 Å². The van der Waals surface area contributed by atoms with Crippen LogP contribution < -0.4 is 0 Å². The maximum Gasteiger partial charge on any atom is 0.134 e. The highest BCUT2D eigenvalue weighted by molar-refractivity contribution is 7.98. The molecule has 2 aromatic rings. The van der Waals surface area contributed by atoms with E-state index < -0.39 is 0 Å². The Kier molecular flexibility index (Phi) is 6.11. The molecule has 3 nitrogen and oxygen atoms in total. The third-order valence-electron chi connectivity index (χ3n) is 2.74. The summed E-state index contributed by atoms with van der Waals surface area (Å²) in [4.78, 5) is 0. The minimum Gasteiger partial charge on any atom is -0.459 e. The summed E-state index contributed by atoms with van der Waals surface area (Å²) in [6.45, 7) is 9.64. The van der Waals surface area contributed by atoms with E-state index in [1.165, 1.54) is 10.9 Å². The number of nitrogens with zero attached hydrogens (tertiary/aromatic N) is 1. The number of aliphatic hydroxyl groups is 1. The highest BCUT2D eigenvalue weighted by Crippen LogP contribution is 2.30. The average Bonchev–Trinajstić information content (AvgIpc) is 2.67. The molecule has 4 heteroatoms. The number of hydrogen-bond donors (Lipinski definition) is 1. The number of fused-ring (bicyclic) bond motifs is 1. The van der Waals surface area contributed by atoms with Gasteiger partial charge in [0.05, 0.1) is 6.54 Å². The third kappa shape index (κ3) is 4.54. The summed E-state index contributed by atoms with van der Waals surface area (Å²) in [6.07, 6.45) is 0. The lowest BCUT2D eigenvalue weighted by molar-refractivity contribution is 0.399. The van der Waals surface area contributed by atoms with Crippen LogP contribution in [0, 0.1) is 6.92 Å². The van der Waals surface area contributed by atoms with Crippen molar-refractivity contribution in [2.75, 3.05) is 14.2 Å². The van der Waals surface area contributed by atoms with Crippen molar-refractivity contribution in [3.8, 4) is 0 Å². The first-order valence-corrected chi connectivity index (χ1v) is 7.46. The predicted molar refractivity (Wildman–Crippen MR) is 87.9 cm³/mol. The van der Waals surface area contributed by atoms with Crippen LogP contribution in [0.1, 0.15) is 32.1 Å². The quantitative estimate of drug-likeness (QED) is 0.860. The summed E-state index contributed by atoms with van der Waals surface area (Å²) >= 11 is 1.84. The molecule has 0 aliphatic carbocycles. The van der Waals surface area contributed by atoms with Gasteiger partial charge in [-0.25, -0.2) is 4.31 Å². The zero-order valence-corrected chi connectivity index (χ0v) is 14.0. The van der Waals surface area contributed by atoms with Gasteiger partial charge in [0, 0.05) is 17.2 Å². The minimum atomic E-state index is 0.231. The first kappa shape index (κ1) is 17.1. The van der Waals surface area contributed by atoms with Crippen molar-refractivity contribution < 1.29 is 9.52 Å². The lowest BCUT2D eigenvalue weighted by Crippen LogP contribution is -2.19. The summed E-state index contributed by atoms with van der Waals surface area (Å²) < 4.78 is 8.40. The van der Waals surface area contributed by atoms with Crippen molar-refractivity contribution in [2.45, 2.75) is 39.0 Å². The van der Waals surface area contributed by atoms with Gasteiger partial charge in [-0.1, -0.05) is 30.1 Å². The van der Waals surface area contributed by atoms with Crippen molar-refractivity contribution in [1.82, 2.24) is 4.31 Å². The van der Waals surface area contributed by atoms with E-state index in [9.17, 15) is 0 Å². The Balaban J connectivity index is 0.000000956. The molecule has 1 aromatic heterocycles. The van der Waals surface area contributed by atoms with E-state index in [1.807, 2.05) is 24.1 Å². The fourth-order valence-corrected chi connectivity index (χ4v) is 3.19. The molecule has 1 aromatic carbocycles. The van der Waals surface area contributed by atoms with Crippen LogP contribution in [0.15, 0.2) is 28.7 Å². The van der Waals surface area contributed by atoms with Crippen molar-refractivity contribution in [2.24, 2.45) is 0 Å². The molecule has 0 aliphatic rings. The number of rotatable bonds is 3. The summed E-state index contributed by atoms with van der Waals surface area (Å²) in [5.74, 6) is 1.07. The molecule has 0 spiro atoms. The summed E-state index contributed by atoms with van der Waals surface area (Å²) in [5, 5.41) is 8.22. The fourth-order valence-electron chi connectivity index (χ4n) is 2.08. The normalized spacial score (nSPS) is 11.6. The van der Waals surface area contributed by atoms with Crippen LogP contribution in [-0.2, 0) is 6.54 Å². The Morgan fingerprint density at radius 2 is 1.80 bits per heavy atom. The monoisotopic (exact) mass is 295 g/mol. The van der Waals surface area contributed by atoms with Crippen molar-refractivity contribution in [1.29, 1.82) is 0 Å². The van der Waals surface area contributed by atoms with Crippen LogP contribution in [-0.4, -0.2) is 28.3 Å². The number of hydrogen-bond acceptors (Lipinski definition) is 4. The van der Waals surface area contributed by atoms with E-state index in [0.717, 1.165) is 25.0 Å². The second-order valence-corrected chi connectivity index (χ2v) is 7.67. The van der Waals surface area contributed by atoms with E-state index in [1.54, 1.807) is 0 Å². The maximum absolute atomic E-state index is 7.00. The zero-order chi connectivity index (χ0) is 15.3. The highest BCUT2D eigenvalue weighted by Gasteiger charge is 2.17. The van der Waals surface area contributed by atoms with E-state index in [0.29, 0.717) is 0 Å². The topological polar surface area (TPSA) is 36.6 Å². The van der Waals surface area contributed by atoms with E-state index in [2.05, 4.69) is 51.2 Å². The summed E-state index contributed by atoms with van der Waals surface area (Å²) in [6, 6.07) is 8.22. The second kappa shape index (κ2) is 7.16. The van der Waals surface area contributed by atoms with Crippen LogP contribution >= 0.6 is 11.9 Å². The van der Waals surface area contributed by atoms with Gasteiger partial charge >= 0.3 is 0 Å². The highest BCUT2D eigenvalue weighted by atomic mass is 32.2. The Morgan fingerprint density at radius 1 is 1.20 bits per heavy atom. The molecule has 0 aliphatic heterocycles. The first-order chi connectivity index (χ1) is 9.37. The van der Waals surface area contributed by atoms with Gasteiger partial charge in [0.25, 0.3) is 0 Å². The third-order valence-corrected chi connectivity index (χ3v) is 3.73. The molecule has 0 bridgehead atoms. The predicted octanol–water partition coefficient (Wildman–Crippen LogP) is 4.23. The number of aryl methyl sites for hydroxylation is 1. The zero-order valence-electron chi connectivity index (χ0n) is 13.2. The van der Waals surface area contributed by atoms with Gasteiger partial charge in [0.15, 0.2) is 0 Å². The average molecular weight is 295 g/mol. The number of benzene rings is 1. The molecule has 112 valence electrons. The molecule has 20 heavy (non-hydrogen) atoms. The summed E-state index contributed by atoms with van der Waals surface area (Å²) in [7, 11) is 3.11. The molecule has 2 rings (SSSR count). The Hall–Kier alpha value is -0.970. The van der Waals surface area contributed by atoms with Crippen LogP contribution in [0.4, 0.5) is 0 Å². The van der Waals surface area contributed by atoms with E-state index in [4.69, 9.17) is 9.52 Å². The van der Waals surface area contributed by atoms with Gasteiger partial charge < -0.3 is 9.52 Å². The maximum atomic E-state index is 7.00. The van der Waals surface area contributed by atoms with Gasteiger partial charge in [-0.3, -0.25) is 0 Å². The van der Waals surface area contributed by atoms with Crippen molar-refractivity contribution >= 4 is 22.9 Å². The number of para-hydroxylation sites is 1.